The Labute approximate surface area is 108 Å². The van der Waals surface area contributed by atoms with Crippen LogP contribution in [0.5, 0.6) is 5.75 Å². The first-order valence-electron chi connectivity index (χ1n) is 5.05. The van der Waals surface area contributed by atoms with Gasteiger partial charge in [0.25, 0.3) is 0 Å². The molecule has 1 aromatic carbocycles. The third-order valence-corrected chi connectivity index (χ3v) is 2.43. The lowest BCUT2D eigenvalue weighted by Gasteiger charge is -2.06. The maximum Gasteiger partial charge on any atom is 0.313 e. The minimum absolute atomic E-state index is 0.0977. The normalized spacial score (nSPS) is 10.2. The van der Waals surface area contributed by atoms with Gasteiger partial charge in [-0.3, -0.25) is 4.79 Å². The smallest absolute Gasteiger partial charge is 0.313 e. The number of hydrogen-bond acceptors (Lipinski definition) is 5. The summed E-state index contributed by atoms with van der Waals surface area (Å²) >= 11 is 5.94. The highest BCUT2D eigenvalue weighted by Crippen LogP contribution is 2.27. The molecule has 0 aliphatic heterocycles. The zero-order chi connectivity index (χ0) is 13.1. The quantitative estimate of drug-likeness (QED) is 0.923. The van der Waals surface area contributed by atoms with Crippen LogP contribution < -0.4 is 10.1 Å². The number of carbonyl (C=O) groups is 1. The van der Waals surface area contributed by atoms with Crippen LogP contribution in [0.15, 0.2) is 22.6 Å². The Bertz CT molecular complexity index is 583. The van der Waals surface area contributed by atoms with Crippen molar-refractivity contribution in [2.24, 2.45) is 0 Å². The summed E-state index contributed by atoms with van der Waals surface area (Å²) in [6.07, 6.45) is 0. The minimum Gasteiger partial charge on any atom is -0.495 e. The fourth-order valence-corrected chi connectivity index (χ4v) is 1.57. The Balaban J connectivity index is 2.14. The van der Waals surface area contributed by atoms with Crippen LogP contribution >= 0.6 is 11.6 Å². The van der Waals surface area contributed by atoms with Crippen LogP contribution in [0.25, 0.3) is 0 Å². The molecule has 1 amide bonds. The average Bonchev–Trinajstić information content (AvgIpc) is 2.76. The number of halogens is 1. The fourth-order valence-electron chi connectivity index (χ4n) is 1.32. The molecule has 6 nitrogen and oxygen atoms in total. The number of anilines is 1. The van der Waals surface area contributed by atoms with Gasteiger partial charge >= 0.3 is 11.8 Å². The summed E-state index contributed by atoms with van der Waals surface area (Å²) in [4.78, 5) is 11.7. The predicted molar refractivity (Wildman–Crippen MR) is 65.0 cm³/mol. The molecule has 0 radical (unpaired) electrons. The number of aromatic nitrogens is 2. The Morgan fingerprint density at radius 3 is 2.78 bits per heavy atom. The van der Waals surface area contributed by atoms with Crippen molar-refractivity contribution in [3.63, 3.8) is 0 Å². The molecule has 0 fully saturated rings. The molecule has 0 spiro atoms. The number of ether oxygens (including phenoxy) is 1. The van der Waals surface area contributed by atoms with E-state index in [2.05, 4.69) is 15.5 Å². The summed E-state index contributed by atoms with van der Waals surface area (Å²) in [5.41, 5.74) is 0.515. The second-order valence-electron chi connectivity index (χ2n) is 3.43. The molecule has 2 aromatic rings. The zero-order valence-electron chi connectivity index (χ0n) is 9.73. The third kappa shape index (κ3) is 2.60. The summed E-state index contributed by atoms with van der Waals surface area (Å²) in [6, 6.07) is 4.88. The predicted octanol–water partition coefficient (Wildman–Crippen LogP) is 2.29. The van der Waals surface area contributed by atoms with E-state index in [1.807, 2.05) is 0 Å². The molecule has 2 rings (SSSR count). The maximum absolute atomic E-state index is 11.7. The van der Waals surface area contributed by atoms with Crippen LogP contribution in [-0.2, 0) is 0 Å². The van der Waals surface area contributed by atoms with Gasteiger partial charge in [0.15, 0.2) is 0 Å². The molecular weight excluding hydrogens is 258 g/mol. The van der Waals surface area contributed by atoms with E-state index in [9.17, 15) is 4.79 Å². The van der Waals surface area contributed by atoms with Gasteiger partial charge in [-0.2, -0.15) is 0 Å². The van der Waals surface area contributed by atoms with Crippen LogP contribution in [0, 0.1) is 6.92 Å². The third-order valence-electron chi connectivity index (χ3n) is 2.13. The Hall–Kier alpha value is -2.08. The number of rotatable bonds is 3. The number of nitrogens with zero attached hydrogens (tertiary/aromatic N) is 2. The maximum atomic E-state index is 11.7. The molecule has 0 bridgehead atoms. The molecule has 1 aromatic heterocycles. The van der Waals surface area contributed by atoms with Gasteiger partial charge < -0.3 is 14.5 Å². The molecule has 94 valence electrons. The van der Waals surface area contributed by atoms with E-state index in [1.165, 1.54) is 7.11 Å². The lowest BCUT2D eigenvalue weighted by Crippen LogP contribution is -2.12. The molecular formula is C11H10ClN3O3. The number of nitrogens with one attached hydrogen (secondary N) is 1. The number of hydrogen-bond donors (Lipinski definition) is 1. The van der Waals surface area contributed by atoms with Gasteiger partial charge in [-0.05, 0) is 18.2 Å². The fraction of sp³-hybridized carbons (Fsp3) is 0.182. The van der Waals surface area contributed by atoms with E-state index in [0.29, 0.717) is 22.4 Å². The van der Waals surface area contributed by atoms with Crippen LogP contribution in [0.3, 0.4) is 0 Å². The van der Waals surface area contributed by atoms with E-state index in [-0.39, 0.29) is 5.89 Å². The molecule has 0 aliphatic rings. The second-order valence-corrected chi connectivity index (χ2v) is 3.84. The van der Waals surface area contributed by atoms with Crippen molar-refractivity contribution in [1.29, 1.82) is 0 Å². The molecule has 18 heavy (non-hydrogen) atoms. The van der Waals surface area contributed by atoms with Gasteiger partial charge in [-0.1, -0.05) is 11.6 Å². The number of carbonyl (C=O) groups excluding carboxylic acids is 1. The second kappa shape index (κ2) is 5.05. The van der Waals surface area contributed by atoms with Crippen LogP contribution in [-0.4, -0.2) is 23.2 Å². The van der Waals surface area contributed by atoms with E-state index >= 15 is 0 Å². The van der Waals surface area contributed by atoms with Crippen molar-refractivity contribution in [3.8, 4) is 5.75 Å². The van der Waals surface area contributed by atoms with Gasteiger partial charge in [-0.15, -0.1) is 10.2 Å². The molecule has 0 saturated carbocycles. The largest absolute Gasteiger partial charge is 0.495 e. The number of amides is 1. The number of benzene rings is 1. The Morgan fingerprint density at radius 1 is 1.44 bits per heavy atom. The van der Waals surface area contributed by atoms with E-state index < -0.39 is 5.91 Å². The highest BCUT2D eigenvalue weighted by atomic mass is 35.5. The topological polar surface area (TPSA) is 77.2 Å². The van der Waals surface area contributed by atoms with Gasteiger partial charge in [-0.25, -0.2) is 0 Å². The van der Waals surface area contributed by atoms with Crippen LogP contribution in [0.1, 0.15) is 16.6 Å². The van der Waals surface area contributed by atoms with Gasteiger partial charge in [0.2, 0.25) is 5.89 Å². The monoisotopic (exact) mass is 267 g/mol. The summed E-state index contributed by atoms with van der Waals surface area (Å²) in [7, 11) is 1.51. The minimum atomic E-state index is -0.489. The van der Waals surface area contributed by atoms with Crippen molar-refractivity contribution >= 4 is 23.2 Å². The molecule has 1 N–H and O–H groups in total. The van der Waals surface area contributed by atoms with Crippen molar-refractivity contribution in [1.82, 2.24) is 10.2 Å². The lowest BCUT2D eigenvalue weighted by atomic mass is 10.3. The molecule has 0 atom stereocenters. The standard InChI is InChI=1S/C11H10ClN3O3/c1-6-14-15-11(18-6)10(16)13-7-3-4-9(17-2)8(12)5-7/h3-5H,1-2H3,(H,13,16). The summed E-state index contributed by atoms with van der Waals surface area (Å²) < 4.78 is 10.0. The Kier molecular flexibility index (Phi) is 3.47. The highest BCUT2D eigenvalue weighted by Gasteiger charge is 2.14. The molecule has 0 unspecified atom stereocenters. The van der Waals surface area contributed by atoms with Crippen molar-refractivity contribution in [2.45, 2.75) is 6.92 Å². The molecule has 1 heterocycles. The Morgan fingerprint density at radius 2 is 2.22 bits per heavy atom. The molecule has 7 heteroatoms. The van der Waals surface area contributed by atoms with E-state index in [4.69, 9.17) is 20.8 Å². The van der Waals surface area contributed by atoms with Gasteiger partial charge in [0.05, 0.1) is 12.1 Å². The first-order valence-corrected chi connectivity index (χ1v) is 5.43. The number of aryl methyl sites for hydroxylation is 1. The zero-order valence-corrected chi connectivity index (χ0v) is 10.5. The van der Waals surface area contributed by atoms with Crippen molar-refractivity contribution < 1.29 is 13.9 Å². The molecule has 0 saturated heterocycles. The summed E-state index contributed by atoms with van der Waals surface area (Å²) in [5, 5.41) is 10.2. The van der Waals surface area contributed by atoms with E-state index in [0.717, 1.165) is 0 Å². The van der Waals surface area contributed by atoms with Crippen molar-refractivity contribution in [2.75, 3.05) is 12.4 Å². The van der Waals surface area contributed by atoms with Crippen molar-refractivity contribution in [3.05, 3.63) is 35.0 Å². The van der Waals surface area contributed by atoms with Gasteiger partial charge in [0.1, 0.15) is 5.75 Å². The first kappa shape index (κ1) is 12.4. The molecule has 0 aliphatic carbocycles. The van der Waals surface area contributed by atoms with E-state index in [1.54, 1.807) is 25.1 Å². The van der Waals surface area contributed by atoms with Gasteiger partial charge in [0, 0.05) is 12.6 Å². The first-order chi connectivity index (χ1) is 8.60. The highest BCUT2D eigenvalue weighted by molar-refractivity contribution is 6.32. The lowest BCUT2D eigenvalue weighted by molar-refractivity contribution is 0.0989. The van der Waals surface area contributed by atoms with Crippen LogP contribution in [0.4, 0.5) is 5.69 Å². The summed E-state index contributed by atoms with van der Waals surface area (Å²) in [5.74, 6) is 0.271. The average molecular weight is 268 g/mol. The summed E-state index contributed by atoms with van der Waals surface area (Å²) in [6.45, 7) is 1.61. The number of methoxy groups -OCH3 is 1. The SMILES string of the molecule is COc1ccc(NC(=O)c2nnc(C)o2)cc1Cl. The van der Waals surface area contributed by atoms with Crippen LogP contribution in [0.2, 0.25) is 5.02 Å².